The fraction of sp³-hybridized carbons (Fsp3) is 0.0714. The molecular weight excluding hydrogens is 297 g/mol. The lowest BCUT2D eigenvalue weighted by atomic mass is 10.2. The van der Waals surface area contributed by atoms with Crippen molar-refractivity contribution in [2.75, 3.05) is 0 Å². The third-order valence-electron chi connectivity index (χ3n) is 2.39. The Morgan fingerprint density at radius 1 is 1.17 bits per heavy atom. The van der Waals surface area contributed by atoms with Gasteiger partial charge in [0.05, 0.1) is 11.6 Å². The van der Waals surface area contributed by atoms with Crippen LogP contribution in [0.2, 0.25) is 0 Å². The third-order valence-corrected chi connectivity index (χ3v) is 2.88. The molecule has 0 unspecified atom stereocenters. The van der Waals surface area contributed by atoms with Gasteiger partial charge in [-0.15, -0.1) is 0 Å². The Morgan fingerprint density at radius 2 is 1.89 bits per heavy atom. The van der Waals surface area contributed by atoms with E-state index in [0.29, 0.717) is 16.9 Å². The van der Waals surface area contributed by atoms with Crippen LogP contribution in [0.3, 0.4) is 0 Å². The molecule has 18 heavy (non-hydrogen) atoms. The molecule has 2 aromatic carbocycles. The maximum atomic E-state index is 13.4. The van der Waals surface area contributed by atoms with E-state index in [1.54, 1.807) is 36.4 Å². The van der Waals surface area contributed by atoms with E-state index in [4.69, 9.17) is 10.00 Å². The van der Waals surface area contributed by atoms with Crippen molar-refractivity contribution in [2.24, 2.45) is 0 Å². The second-order valence-electron chi connectivity index (χ2n) is 3.66. The largest absolute Gasteiger partial charge is 0.489 e. The minimum atomic E-state index is -0.299. The van der Waals surface area contributed by atoms with Gasteiger partial charge in [0.15, 0.2) is 0 Å². The summed E-state index contributed by atoms with van der Waals surface area (Å²) in [6.07, 6.45) is 0. The van der Waals surface area contributed by atoms with Crippen LogP contribution < -0.4 is 4.74 Å². The van der Waals surface area contributed by atoms with E-state index in [1.165, 1.54) is 6.07 Å². The Kier molecular flexibility index (Phi) is 3.96. The molecule has 0 aromatic heterocycles. The molecule has 0 N–H and O–H groups in total. The lowest BCUT2D eigenvalue weighted by molar-refractivity contribution is 0.299. The third kappa shape index (κ3) is 3.08. The monoisotopic (exact) mass is 305 g/mol. The highest BCUT2D eigenvalue weighted by atomic mass is 79.9. The smallest absolute Gasteiger partial charge is 0.129 e. The average Bonchev–Trinajstić information content (AvgIpc) is 2.40. The first kappa shape index (κ1) is 12.6. The van der Waals surface area contributed by atoms with Gasteiger partial charge in [-0.3, -0.25) is 0 Å². The lowest BCUT2D eigenvalue weighted by Gasteiger charge is -2.07. The van der Waals surface area contributed by atoms with Gasteiger partial charge in [0, 0.05) is 10.0 Å². The molecule has 0 saturated carbocycles. The predicted octanol–water partition coefficient (Wildman–Crippen LogP) is 4.04. The summed E-state index contributed by atoms with van der Waals surface area (Å²) in [5.41, 5.74) is 1.05. The molecular formula is C14H9BrFNO. The minimum Gasteiger partial charge on any atom is -0.489 e. The molecule has 4 heteroatoms. The molecule has 2 rings (SSSR count). The van der Waals surface area contributed by atoms with Gasteiger partial charge >= 0.3 is 0 Å². The van der Waals surface area contributed by atoms with Crippen LogP contribution in [0.1, 0.15) is 11.1 Å². The van der Waals surface area contributed by atoms with Crippen molar-refractivity contribution < 1.29 is 9.13 Å². The van der Waals surface area contributed by atoms with Gasteiger partial charge in [-0.2, -0.15) is 5.26 Å². The number of nitriles is 1. The number of hydrogen-bond acceptors (Lipinski definition) is 2. The topological polar surface area (TPSA) is 33.0 Å². The molecule has 0 amide bonds. The first-order valence-electron chi connectivity index (χ1n) is 5.26. The highest BCUT2D eigenvalue weighted by molar-refractivity contribution is 9.10. The number of rotatable bonds is 3. The molecule has 90 valence electrons. The van der Waals surface area contributed by atoms with E-state index < -0.39 is 0 Å². The molecule has 0 spiro atoms. The van der Waals surface area contributed by atoms with E-state index in [-0.39, 0.29) is 12.4 Å². The lowest BCUT2D eigenvalue weighted by Crippen LogP contribution is -1.98. The molecule has 0 fully saturated rings. The maximum Gasteiger partial charge on any atom is 0.129 e. The van der Waals surface area contributed by atoms with Crippen LogP contribution in [-0.4, -0.2) is 0 Å². The normalized spacial score (nSPS) is 9.83. The summed E-state index contributed by atoms with van der Waals surface area (Å²) in [6.45, 7) is 0.150. The van der Waals surface area contributed by atoms with E-state index in [2.05, 4.69) is 15.9 Å². The van der Waals surface area contributed by atoms with Crippen LogP contribution in [0, 0.1) is 17.1 Å². The SMILES string of the molecule is N#Cc1ccc(OCc2cc(Br)ccc2F)cc1. The summed E-state index contributed by atoms with van der Waals surface area (Å²) >= 11 is 3.28. The van der Waals surface area contributed by atoms with Crippen LogP contribution >= 0.6 is 15.9 Å². The van der Waals surface area contributed by atoms with Gasteiger partial charge in [0.2, 0.25) is 0 Å². The molecule has 0 atom stereocenters. The zero-order valence-electron chi connectivity index (χ0n) is 9.36. The van der Waals surface area contributed by atoms with Gasteiger partial charge < -0.3 is 4.74 Å². The molecule has 0 radical (unpaired) electrons. The molecule has 0 aliphatic heterocycles. The predicted molar refractivity (Wildman–Crippen MR) is 69.6 cm³/mol. The van der Waals surface area contributed by atoms with Gasteiger partial charge in [-0.1, -0.05) is 15.9 Å². The van der Waals surface area contributed by atoms with Gasteiger partial charge in [0.25, 0.3) is 0 Å². The Hall–Kier alpha value is -1.86. The average molecular weight is 306 g/mol. The fourth-order valence-corrected chi connectivity index (χ4v) is 1.85. The number of halogens is 2. The highest BCUT2D eigenvalue weighted by Gasteiger charge is 2.04. The zero-order valence-corrected chi connectivity index (χ0v) is 10.9. The second-order valence-corrected chi connectivity index (χ2v) is 4.58. The van der Waals surface area contributed by atoms with Gasteiger partial charge in [-0.05, 0) is 42.5 Å². The minimum absolute atomic E-state index is 0.150. The molecule has 0 aliphatic carbocycles. The Bertz CT molecular complexity index is 590. The van der Waals surface area contributed by atoms with Crippen LogP contribution in [0.4, 0.5) is 4.39 Å². The summed E-state index contributed by atoms with van der Waals surface area (Å²) in [5.74, 6) is 0.306. The Labute approximate surface area is 113 Å². The van der Waals surface area contributed by atoms with Gasteiger partial charge in [-0.25, -0.2) is 4.39 Å². The standard InChI is InChI=1S/C14H9BrFNO/c15-12-3-6-14(16)11(7-12)9-18-13-4-1-10(8-17)2-5-13/h1-7H,9H2. The highest BCUT2D eigenvalue weighted by Crippen LogP contribution is 2.18. The van der Waals surface area contributed by atoms with E-state index >= 15 is 0 Å². The Balaban J connectivity index is 2.07. The summed E-state index contributed by atoms with van der Waals surface area (Å²) in [7, 11) is 0. The first-order valence-corrected chi connectivity index (χ1v) is 6.05. The maximum absolute atomic E-state index is 13.4. The molecule has 0 aliphatic rings. The molecule has 0 heterocycles. The Morgan fingerprint density at radius 3 is 2.56 bits per heavy atom. The number of benzene rings is 2. The summed E-state index contributed by atoms with van der Waals surface area (Å²) in [5, 5.41) is 8.66. The van der Waals surface area contributed by atoms with Crippen molar-refractivity contribution in [3.63, 3.8) is 0 Å². The number of hydrogen-bond donors (Lipinski definition) is 0. The van der Waals surface area contributed by atoms with E-state index in [0.717, 1.165) is 4.47 Å². The van der Waals surface area contributed by atoms with E-state index in [1.807, 2.05) is 6.07 Å². The van der Waals surface area contributed by atoms with Crippen LogP contribution in [0.25, 0.3) is 0 Å². The zero-order chi connectivity index (χ0) is 13.0. The molecule has 2 aromatic rings. The van der Waals surface area contributed by atoms with Crippen molar-refractivity contribution in [1.29, 1.82) is 5.26 Å². The van der Waals surface area contributed by atoms with Crippen LogP contribution in [0.15, 0.2) is 46.9 Å². The summed E-state index contributed by atoms with van der Waals surface area (Å²) in [6, 6.07) is 13.4. The first-order chi connectivity index (χ1) is 8.69. The molecule has 2 nitrogen and oxygen atoms in total. The van der Waals surface area contributed by atoms with Crippen molar-refractivity contribution in [3.05, 3.63) is 63.9 Å². The molecule has 0 saturated heterocycles. The van der Waals surface area contributed by atoms with Crippen LogP contribution in [0.5, 0.6) is 5.75 Å². The van der Waals surface area contributed by atoms with Gasteiger partial charge in [0.1, 0.15) is 18.2 Å². The quantitative estimate of drug-likeness (QED) is 0.857. The van der Waals surface area contributed by atoms with Crippen LogP contribution in [-0.2, 0) is 6.61 Å². The molecule has 0 bridgehead atoms. The van der Waals surface area contributed by atoms with Crippen molar-refractivity contribution in [3.8, 4) is 11.8 Å². The van der Waals surface area contributed by atoms with Crippen molar-refractivity contribution in [1.82, 2.24) is 0 Å². The summed E-state index contributed by atoms with van der Waals surface area (Å²) in [4.78, 5) is 0. The fourth-order valence-electron chi connectivity index (χ4n) is 1.44. The number of nitrogens with zero attached hydrogens (tertiary/aromatic N) is 1. The second kappa shape index (κ2) is 5.65. The van der Waals surface area contributed by atoms with Crippen molar-refractivity contribution >= 4 is 15.9 Å². The van der Waals surface area contributed by atoms with Crippen molar-refractivity contribution in [2.45, 2.75) is 6.61 Å². The number of ether oxygens (including phenoxy) is 1. The van der Waals surface area contributed by atoms with E-state index in [9.17, 15) is 4.39 Å². The summed E-state index contributed by atoms with van der Waals surface area (Å²) < 4.78 is 19.7.